The first-order valence-corrected chi connectivity index (χ1v) is 9.32. The molecule has 1 amide bonds. The minimum absolute atomic E-state index is 0.0820. The van der Waals surface area contributed by atoms with E-state index in [-0.39, 0.29) is 11.8 Å². The predicted octanol–water partition coefficient (Wildman–Crippen LogP) is 1.76. The highest BCUT2D eigenvalue weighted by Crippen LogP contribution is 2.31. The van der Waals surface area contributed by atoms with Crippen molar-refractivity contribution in [2.45, 2.75) is 31.6 Å². The van der Waals surface area contributed by atoms with Crippen LogP contribution in [0, 0.1) is 0 Å². The number of nitrogens with zero attached hydrogens (tertiary/aromatic N) is 2. The molecule has 1 atom stereocenters. The Morgan fingerprint density at radius 1 is 1.24 bits per heavy atom. The van der Waals surface area contributed by atoms with Crippen LogP contribution in [0.5, 0.6) is 0 Å². The second-order valence-electron chi connectivity index (χ2n) is 6.82. The lowest BCUT2D eigenvalue weighted by atomic mass is 9.90. The molecule has 1 unspecified atom stereocenters. The summed E-state index contributed by atoms with van der Waals surface area (Å²) in [5.74, 6) is 1.06. The van der Waals surface area contributed by atoms with Crippen LogP contribution in [0.1, 0.15) is 37.2 Å². The largest absolute Gasteiger partial charge is 0.356 e. The summed E-state index contributed by atoms with van der Waals surface area (Å²) in [6, 6.07) is 8.03. The summed E-state index contributed by atoms with van der Waals surface area (Å²) in [5, 5.41) is 9.71. The minimum atomic E-state index is 0.0820. The first-order valence-electron chi connectivity index (χ1n) is 9.32. The molecule has 1 aromatic rings. The maximum absolute atomic E-state index is 11.9. The predicted molar refractivity (Wildman–Crippen MR) is 102 cm³/mol. The number of carbonyl (C=O) groups is 1. The molecule has 2 aliphatic heterocycles. The number of piperidine rings is 1. The third-order valence-corrected chi connectivity index (χ3v) is 5.02. The zero-order valence-electron chi connectivity index (χ0n) is 15.1. The van der Waals surface area contributed by atoms with Crippen LogP contribution in [-0.4, -0.2) is 56.5 Å². The van der Waals surface area contributed by atoms with Gasteiger partial charge in [-0.3, -0.25) is 9.79 Å². The fraction of sp³-hybridized carbons (Fsp3) is 0.579. The molecule has 1 fully saturated rings. The highest BCUT2D eigenvalue weighted by atomic mass is 16.1. The van der Waals surface area contributed by atoms with Crippen LogP contribution in [-0.2, 0) is 4.79 Å². The standard InChI is InChI=1S/C19H29N5O/c1-20-19(21-9-12-24-10-5-2-6-11-24)22-14-15-13-18(25)23-17-8-4-3-7-16(15)17/h3-4,7-8,15H,2,5-6,9-14H2,1H3,(H,23,25)(H2,20,21,22). The molecule has 0 spiro atoms. The van der Waals surface area contributed by atoms with E-state index in [9.17, 15) is 4.79 Å². The summed E-state index contributed by atoms with van der Waals surface area (Å²) < 4.78 is 0. The maximum atomic E-state index is 11.9. The number of fused-ring (bicyclic) bond motifs is 1. The number of anilines is 1. The van der Waals surface area contributed by atoms with E-state index < -0.39 is 0 Å². The van der Waals surface area contributed by atoms with E-state index in [2.05, 4.69) is 31.9 Å². The van der Waals surface area contributed by atoms with E-state index in [0.29, 0.717) is 13.0 Å². The molecule has 3 rings (SSSR count). The second kappa shape index (κ2) is 8.85. The van der Waals surface area contributed by atoms with Crippen molar-refractivity contribution in [2.75, 3.05) is 45.1 Å². The number of nitrogens with one attached hydrogen (secondary N) is 3. The summed E-state index contributed by atoms with van der Waals surface area (Å²) in [4.78, 5) is 18.7. The molecule has 0 saturated carbocycles. The summed E-state index contributed by atoms with van der Waals surface area (Å²) in [6.07, 6.45) is 4.50. The summed E-state index contributed by atoms with van der Waals surface area (Å²) >= 11 is 0. The number of guanidine groups is 1. The van der Waals surface area contributed by atoms with Crippen molar-refractivity contribution in [3.05, 3.63) is 29.8 Å². The van der Waals surface area contributed by atoms with Crippen molar-refractivity contribution in [3.63, 3.8) is 0 Å². The molecule has 0 radical (unpaired) electrons. The Balaban J connectivity index is 1.47. The van der Waals surface area contributed by atoms with E-state index in [1.165, 1.54) is 37.9 Å². The van der Waals surface area contributed by atoms with E-state index in [0.717, 1.165) is 24.7 Å². The summed E-state index contributed by atoms with van der Waals surface area (Å²) in [5.41, 5.74) is 2.12. The first kappa shape index (κ1) is 17.7. The highest BCUT2D eigenvalue weighted by Gasteiger charge is 2.24. The molecule has 3 N–H and O–H groups in total. The van der Waals surface area contributed by atoms with Gasteiger partial charge in [0.2, 0.25) is 5.91 Å². The minimum Gasteiger partial charge on any atom is -0.356 e. The molecule has 0 aromatic heterocycles. The molecule has 1 saturated heterocycles. The Morgan fingerprint density at radius 3 is 2.84 bits per heavy atom. The molecule has 6 nitrogen and oxygen atoms in total. The van der Waals surface area contributed by atoms with E-state index in [1.807, 2.05) is 18.2 Å². The third kappa shape index (κ3) is 4.95. The fourth-order valence-electron chi connectivity index (χ4n) is 3.64. The van der Waals surface area contributed by atoms with Gasteiger partial charge in [-0.1, -0.05) is 24.6 Å². The number of aliphatic imine (C=N–C) groups is 1. The van der Waals surface area contributed by atoms with Crippen LogP contribution >= 0.6 is 0 Å². The van der Waals surface area contributed by atoms with Crippen molar-refractivity contribution < 1.29 is 4.79 Å². The van der Waals surface area contributed by atoms with Gasteiger partial charge in [0.15, 0.2) is 5.96 Å². The van der Waals surface area contributed by atoms with Gasteiger partial charge in [0.05, 0.1) is 0 Å². The number of hydrogen-bond acceptors (Lipinski definition) is 3. The van der Waals surface area contributed by atoms with E-state index in [1.54, 1.807) is 7.05 Å². The van der Waals surface area contributed by atoms with Gasteiger partial charge in [0.25, 0.3) is 0 Å². The summed E-state index contributed by atoms with van der Waals surface area (Å²) in [6.45, 7) is 5.06. The lowest BCUT2D eigenvalue weighted by Crippen LogP contribution is -2.44. The molecular weight excluding hydrogens is 314 g/mol. The highest BCUT2D eigenvalue weighted by molar-refractivity contribution is 5.94. The Bertz CT molecular complexity index is 610. The van der Waals surface area contributed by atoms with Crippen LogP contribution in [0.25, 0.3) is 0 Å². The van der Waals surface area contributed by atoms with E-state index in [4.69, 9.17) is 0 Å². The number of rotatable bonds is 5. The van der Waals surface area contributed by atoms with Crippen LogP contribution in [0.3, 0.4) is 0 Å². The zero-order valence-corrected chi connectivity index (χ0v) is 15.1. The van der Waals surface area contributed by atoms with Gasteiger partial charge in [-0.15, -0.1) is 0 Å². The maximum Gasteiger partial charge on any atom is 0.225 e. The Kier molecular flexibility index (Phi) is 6.28. The van der Waals surface area contributed by atoms with Crippen LogP contribution in [0.2, 0.25) is 0 Å². The number of para-hydroxylation sites is 1. The average molecular weight is 343 g/mol. The molecule has 2 aliphatic rings. The number of carbonyl (C=O) groups excluding carboxylic acids is 1. The molecule has 2 heterocycles. The van der Waals surface area contributed by atoms with Gasteiger partial charge in [-0.2, -0.15) is 0 Å². The molecule has 25 heavy (non-hydrogen) atoms. The Morgan fingerprint density at radius 2 is 2.04 bits per heavy atom. The lowest BCUT2D eigenvalue weighted by Gasteiger charge is -2.27. The van der Waals surface area contributed by atoms with Crippen LogP contribution < -0.4 is 16.0 Å². The summed E-state index contributed by atoms with van der Waals surface area (Å²) in [7, 11) is 1.79. The van der Waals surface area contributed by atoms with Crippen molar-refractivity contribution in [2.24, 2.45) is 4.99 Å². The smallest absolute Gasteiger partial charge is 0.225 e. The monoisotopic (exact) mass is 343 g/mol. The first-order chi connectivity index (χ1) is 12.3. The van der Waals surface area contributed by atoms with Crippen LogP contribution in [0.15, 0.2) is 29.3 Å². The molecular formula is C19H29N5O. The van der Waals surface area contributed by atoms with Gasteiger partial charge >= 0.3 is 0 Å². The molecule has 0 bridgehead atoms. The van der Waals surface area contributed by atoms with Crippen molar-refractivity contribution >= 4 is 17.6 Å². The van der Waals surface area contributed by atoms with Gasteiger partial charge in [0, 0.05) is 44.7 Å². The van der Waals surface area contributed by atoms with Gasteiger partial charge in [-0.25, -0.2) is 0 Å². The Hall–Kier alpha value is -2.08. The van der Waals surface area contributed by atoms with Crippen molar-refractivity contribution in [1.29, 1.82) is 0 Å². The number of likely N-dealkylation sites (tertiary alicyclic amines) is 1. The normalized spacial score (nSPS) is 21.4. The molecule has 0 aliphatic carbocycles. The number of benzene rings is 1. The quantitative estimate of drug-likeness (QED) is 0.563. The number of amides is 1. The second-order valence-corrected chi connectivity index (χ2v) is 6.82. The SMILES string of the molecule is CN=C(NCCN1CCCCC1)NCC1CC(=O)Nc2ccccc21. The van der Waals surface area contributed by atoms with E-state index >= 15 is 0 Å². The van der Waals surface area contributed by atoms with Gasteiger partial charge in [0.1, 0.15) is 0 Å². The van der Waals surface area contributed by atoms with Gasteiger partial charge < -0.3 is 20.9 Å². The molecule has 6 heteroatoms. The number of hydrogen-bond donors (Lipinski definition) is 3. The van der Waals surface area contributed by atoms with Crippen molar-refractivity contribution in [1.82, 2.24) is 15.5 Å². The lowest BCUT2D eigenvalue weighted by molar-refractivity contribution is -0.116. The van der Waals surface area contributed by atoms with Crippen molar-refractivity contribution in [3.8, 4) is 0 Å². The third-order valence-electron chi connectivity index (χ3n) is 5.02. The molecule has 1 aromatic carbocycles. The average Bonchev–Trinajstić information content (AvgIpc) is 2.65. The van der Waals surface area contributed by atoms with Crippen LogP contribution in [0.4, 0.5) is 5.69 Å². The fourth-order valence-corrected chi connectivity index (χ4v) is 3.64. The zero-order chi connectivity index (χ0) is 17.5. The topological polar surface area (TPSA) is 68.8 Å². The Labute approximate surface area is 150 Å². The molecule has 136 valence electrons. The van der Waals surface area contributed by atoms with Gasteiger partial charge in [-0.05, 0) is 37.6 Å².